The standard InChI is InChI=1S/C20H24N4/c1-14-6-4-10-21-18(14)13-24-11-8-16(9-12-24)20-22-17-7-3-5-15(2)19(17)23-20/h3-7,10,16H,8-9,11-13H2,1-2H3,(H,22,23). The Kier molecular flexibility index (Phi) is 4.07. The number of aryl methyl sites for hydroxylation is 2. The third kappa shape index (κ3) is 2.94. The zero-order chi connectivity index (χ0) is 16.5. The van der Waals surface area contributed by atoms with Crippen LogP contribution in [0.5, 0.6) is 0 Å². The van der Waals surface area contributed by atoms with E-state index >= 15 is 0 Å². The second-order valence-corrected chi connectivity index (χ2v) is 6.91. The molecule has 3 aromatic rings. The van der Waals surface area contributed by atoms with Crippen LogP contribution >= 0.6 is 0 Å². The van der Waals surface area contributed by atoms with Gasteiger partial charge in [0.15, 0.2) is 0 Å². The summed E-state index contributed by atoms with van der Waals surface area (Å²) < 4.78 is 0. The van der Waals surface area contributed by atoms with Crippen LogP contribution in [0.15, 0.2) is 36.5 Å². The van der Waals surface area contributed by atoms with E-state index < -0.39 is 0 Å². The first-order valence-corrected chi connectivity index (χ1v) is 8.79. The molecule has 4 heteroatoms. The molecule has 4 nitrogen and oxygen atoms in total. The normalized spacial score (nSPS) is 16.8. The average Bonchev–Trinajstić information content (AvgIpc) is 3.03. The predicted octanol–water partition coefficient (Wildman–Crippen LogP) is 3.95. The Morgan fingerprint density at radius 3 is 2.62 bits per heavy atom. The SMILES string of the molecule is Cc1cccnc1CN1CCC(c2nc3c(C)cccc3[nH]2)CC1. The van der Waals surface area contributed by atoms with Crippen LogP contribution in [0.25, 0.3) is 11.0 Å². The van der Waals surface area contributed by atoms with Crippen LogP contribution in [0.3, 0.4) is 0 Å². The van der Waals surface area contributed by atoms with Gasteiger partial charge in [0, 0.05) is 18.7 Å². The van der Waals surface area contributed by atoms with Crippen molar-refractivity contribution in [1.82, 2.24) is 19.9 Å². The van der Waals surface area contributed by atoms with E-state index in [-0.39, 0.29) is 0 Å². The lowest BCUT2D eigenvalue weighted by Gasteiger charge is -2.31. The number of aromatic nitrogens is 3. The van der Waals surface area contributed by atoms with Gasteiger partial charge in [-0.05, 0) is 63.0 Å². The molecule has 124 valence electrons. The molecule has 24 heavy (non-hydrogen) atoms. The maximum absolute atomic E-state index is 4.87. The molecule has 3 heterocycles. The van der Waals surface area contributed by atoms with Gasteiger partial charge in [0.25, 0.3) is 0 Å². The fourth-order valence-electron chi connectivity index (χ4n) is 3.65. The molecule has 4 rings (SSSR count). The van der Waals surface area contributed by atoms with E-state index in [1.54, 1.807) is 0 Å². The topological polar surface area (TPSA) is 44.8 Å². The van der Waals surface area contributed by atoms with E-state index in [4.69, 9.17) is 4.98 Å². The Labute approximate surface area is 142 Å². The molecule has 1 N–H and O–H groups in total. The van der Waals surface area contributed by atoms with Crippen molar-refractivity contribution in [1.29, 1.82) is 0 Å². The fraction of sp³-hybridized carbons (Fsp3) is 0.400. The number of imidazole rings is 1. The van der Waals surface area contributed by atoms with E-state index in [1.807, 2.05) is 12.3 Å². The highest BCUT2D eigenvalue weighted by molar-refractivity contribution is 5.78. The van der Waals surface area contributed by atoms with E-state index in [9.17, 15) is 0 Å². The van der Waals surface area contributed by atoms with Gasteiger partial charge in [0.05, 0.1) is 16.7 Å². The first-order chi connectivity index (χ1) is 11.7. The molecule has 0 unspecified atom stereocenters. The molecule has 0 saturated carbocycles. The number of para-hydroxylation sites is 1. The summed E-state index contributed by atoms with van der Waals surface area (Å²) in [5.41, 5.74) is 6.02. The molecule has 1 saturated heterocycles. The molecule has 1 aliphatic rings. The molecule has 0 spiro atoms. The van der Waals surface area contributed by atoms with E-state index in [2.05, 4.69) is 53.0 Å². The maximum Gasteiger partial charge on any atom is 0.110 e. The Morgan fingerprint density at radius 1 is 1.08 bits per heavy atom. The minimum Gasteiger partial charge on any atom is -0.342 e. The number of nitrogens with one attached hydrogen (secondary N) is 1. The number of benzene rings is 1. The number of hydrogen-bond acceptors (Lipinski definition) is 3. The van der Waals surface area contributed by atoms with Gasteiger partial charge in [-0.25, -0.2) is 4.98 Å². The average molecular weight is 320 g/mol. The highest BCUT2D eigenvalue weighted by Crippen LogP contribution is 2.29. The zero-order valence-corrected chi connectivity index (χ0v) is 14.4. The van der Waals surface area contributed by atoms with Gasteiger partial charge in [-0.1, -0.05) is 18.2 Å². The third-order valence-corrected chi connectivity index (χ3v) is 5.20. The zero-order valence-electron chi connectivity index (χ0n) is 14.4. The summed E-state index contributed by atoms with van der Waals surface area (Å²) in [5, 5.41) is 0. The molecule has 0 atom stereocenters. The summed E-state index contributed by atoms with van der Waals surface area (Å²) in [6.45, 7) is 7.45. The van der Waals surface area contributed by atoms with Crippen LogP contribution in [0, 0.1) is 13.8 Å². The van der Waals surface area contributed by atoms with Gasteiger partial charge < -0.3 is 4.98 Å². The van der Waals surface area contributed by atoms with Gasteiger partial charge in [0.1, 0.15) is 5.82 Å². The second-order valence-electron chi connectivity index (χ2n) is 6.91. The second kappa shape index (κ2) is 6.36. The fourth-order valence-corrected chi connectivity index (χ4v) is 3.65. The summed E-state index contributed by atoms with van der Waals surface area (Å²) in [5.74, 6) is 1.70. The van der Waals surface area contributed by atoms with Crippen molar-refractivity contribution < 1.29 is 0 Å². The van der Waals surface area contributed by atoms with Crippen LogP contribution in [-0.4, -0.2) is 32.9 Å². The van der Waals surface area contributed by atoms with Crippen molar-refractivity contribution in [2.45, 2.75) is 39.2 Å². The van der Waals surface area contributed by atoms with E-state index in [0.29, 0.717) is 5.92 Å². The lowest BCUT2D eigenvalue weighted by atomic mass is 9.96. The molecular formula is C20H24N4. The molecule has 1 aromatic carbocycles. The molecule has 0 amide bonds. The Bertz CT molecular complexity index is 844. The van der Waals surface area contributed by atoms with Gasteiger partial charge in [-0.3, -0.25) is 9.88 Å². The van der Waals surface area contributed by atoms with Crippen molar-refractivity contribution in [3.05, 3.63) is 59.2 Å². The summed E-state index contributed by atoms with van der Waals surface area (Å²) in [6, 6.07) is 10.5. The largest absolute Gasteiger partial charge is 0.342 e. The first kappa shape index (κ1) is 15.3. The molecule has 1 aliphatic heterocycles. The van der Waals surface area contributed by atoms with Crippen molar-refractivity contribution in [3.63, 3.8) is 0 Å². The number of piperidine rings is 1. The highest BCUT2D eigenvalue weighted by atomic mass is 15.1. The number of aromatic amines is 1. The number of fused-ring (bicyclic) bond motifs is 1. The summed E-state index contributed by atoms with van der Waals surface area (Å²) in [6.07, 6.45) is 4.21. The molecule has 2 aromatic heterocycles. The van der Waals surface area contributed by atoms with Crippen LogP contribution in [0.4, 0.5) is 0 Å². The minimum atomic E-state index is 0.540. The van der Waals surface area contributed by atoms with Gasteiger partial charge in [-0.15, -0.1) is 0 Å². The number of nitrogens with zero attached hydrogens (tertiary/aromatic N) is 3. The number of rotatable bonds is 3. The van der Waals surface area contributed by atoms with Gasteiger partial charge in [0.2, 0.25) is 0 Å². The molecule has 0 bridgehead atoms. The van der Waals surface area contributed by atoms with Crippen LogP contribution in [-0.2, 0) is 6.54 Å². The Balaban J connectivity index is 1.44. The number of H-pyrrole nitrogens is 1. The Morgan fingerprint density at radius 2 is 1.88 bits per heavy atom. The molecule has 0 radical (unpaired) electrons. The van der Waals surface area contributed by atoms with E-state index in [1.165, 1.54) is 16.8 Å². The number of hydrogen-bond donors (Lipinski definition) is 1. The van der Waals surface area contributed by atoms with Crippen LogP contribution < -0.4 is 0 Å². The predicted molar refractivity (Wildman–Crippen MR) is 97.1 cm³/mol. The van der Waals surface area contributed by atoms with Crippen LogP contribution in [0.2, 0.25) is 0 Å². The minimum absolute atomic E-state index is 0.540. The lowest BCUT2D eigenvalue weighted by Crippen LogP contribution is -2.33. The van der Waals surface area contributed by atoms with Crippen molar-refractivity contribution in [2.24, 2.45) is 0 Å². The monoisotopic (exact) mass is 320 g/mol. The maximum atomic E-state index is 4.87. The molecular weight excluding hydrogens is 296 g/mol. The van der Waals surface area contributed by atoms with Crippen molar-refractivity contribution in [3.8, 4) is 0 Å². The van der Waals surface area contributed by atoms with Gasteiger partial charge >= 0.3 is 0 Å². The van der Waals surface area contributed by atoms with Crippen molar-refractivity contribution in [2.75, 3.05) is 13.1 Å². The Hall–Kier alpha value is -2.20. The van der Waals surface area contributed by atoms with Gasteiger partial charge in [-0.2, -0.15) is 0 Å². The number of pyridine rings is 1. The number of likely N-dealkylation sites (tertiary alicyclic amines) is 1. The molecule has 1 fully saturated rings. The lowest BCUT2D eigenvalue weighted by molar-refractivity contribution is 0.199. The smallest absolute Gasteiger partial charge is 0.110 e. The summed E-state index contributed by atoms with van der Waals surface area (Å²) in [7, 11) is 0. The van der Waals surface area contributed by atoms with Crippen molar-refractivity contribution >= 4 is 11.0 Å². The molecule has 0 aliphatic carbocycles. The summed E-state index contributed by atoms with van der Waals surface area (Å²) >= 11 is 0. The first-order valence-electron chi connectivity index (χ1n) is 8.79. The van der Waals surface area contributed by atoms with Crippen LogP contribution in [0.1, 0.15) is 41.4 Å². The highest BCUT2D eigenvalue weighted by Gasteiger charge is 2.23. The third-order valence-electron chi connectivity index (χ3n) is 5.20. The summed E-state index contributed by atoms with van der Waals surface area (Å²) in [4.78, 5) is 15.5. The van der Waals surface area contributed by atoms with E-state index in [0.717, 1.165) is 49.3 Å². The quantitative estimate of drug-likeness (QED) is 0.794.